The second kappa shape index (κ2) is 5.00. The van der Waals surface area contributed by atoms with E-state index in [0.29, 0.717) is 11.8 Å². The Balaban J connectivity index is 1.46. The molecule has 0 saturated carbocycles. The van der Waals surface area contributed by atoms with Crippen molar-refractivity contribution in [2.45, 2.75) is 25.8 Å². The summed E-state index contributed by atoms with van der Waals surface area (Å²) < 4.78 is 11.4. The number of para-hydroxylation sites is 1. The zero-order valence-electron chi connectivity index (χ0n) is 12.0. The molecule has 0 amide bonds. The van der Waals surface area contributed by atoms with Crippen LogP contribution in [0.1, 0.15) is 29.9 Å². The largest absolute Gasteiger partial charge is 0.460 e. The maximum atomic E-state index is 5.88. The first kappa shape index (κ1) is 12.6. The van der Waals surface area contributed by atoms with Gasteiger partial charge in [-0.05, 0) is 25.1 Å². The predicted octanol–water partition coefficient (Wildman–Crippen LogP) is 3.11. The highest BCUT2D eigenvalue weighted by molar-refractivity contribution is 5.77. The van der Waals surface area contributed by atoms with Crippen molar-refractivity contribution < 1.29 is 8.83 Å². The molecule has 4 rings (SSSR count). The molecule has 5 heteroatoms. The Morgan fingerprint density at radius 2 is 2.14 bits per heavy atom. The highest BCUT2D eigenvalue weighted by Gasteiger charge is 2.28. The third-order valence-electron chi connectivity index (χ3n) is 4.02. The van der Waals surface area contributed by atoms with Gasteiger partial charge >= 0.3 is 0 Å². The van der Waals surface area contributed by atoms with Crippen molar-refractivity contribution >= 4 is 11.0 Å². The predicted molar refractivity (Wildman–Crippen MR) is 77.9 cm³/mol. The zero-order chi connectivity index (χ0) is 14.2. The molecule has 0 spiro atoms. The number of hydrogen-bond acceptors (Lipinski definition) is 5. The van der Waals surface area contributed by atoms with Crippen molar-refractivity contribution in [3.63, 3.8) is 0 Å². The van der Waals surface area contributed by atoms with E-state index < -0.39 is 0 Å². The average molecular weight is 283 g/mol. The lowest BCUT2D eigenvalue weighted by Crippen LogP contribution is -2.19. The summed E-state index contributed by atoms with van der Waals surface area (Å²) in [4.78, 5) is 2.38. The summed E-state index contributed by atoms with van der Waals surface area (Å²) in [5.41, 5.74) is 0.954. The van der Waals surface area contributed by atoms with E-state index in [-0.39, 0.29) is 0 Å². The summed E-state index contributed by atoms with van der Waals surface area (Å²) in [6.45, 7) is 4.64. The number of hydrogen-bond donors (Lipinski definition) is 0. The molecule has 5 nitrogen and oxygen atoms in total. The number of aromatic nitrogens is 2. The van der Waals surface area contributed by atoms with Gasteiger partial charge in [-0.25, -0.2) is 0 Å². The van der Waals surface area contributed by atoms with Crippen molar-refractivity contribution in [3.05, 3.63) is 47.9 Å². The standard InChI is InChI=1S/C16H17N3O2/c1-11-17-18-16(20-11)13-6-7-19(9-13)10-14-8-12-4-2-3-5-15(12)21-14/h2-5,8,13H,6-7,9-10H2,1H3/t13-/m0/s1. The molecular weight excluding hydrogens is 266 g/mol. The van der Waals surface area contributed by atoms with E-state index in [2.05, 4.69) is 27.2 Å². The van der Waals surface area contributed by atoms with E-state index in [1.165, 1.54) is 0 Å². The van der Waals surface area contributed by atoms with Crippen LogP contribution in [-0.4, -0.2) is 28.2 Å². The van der Waals surface area contributed by atoms with Crippen molar-refractivity contribution in [3.8, 4) is 0 Å². The SMILES string of the molecule is Cc1nnc([C@H]2CCN(Cc3cc4ccccc4o3)C2)o1. The summed E-state index contributed by atoms with van der Waals surface area (Å²) in [5.74, 6) is 2.76. The summed E-state index contributed by atoms with van der Waals surface area (Å²) >= 11 is 0. The lowest BCUT2D eigenvalue weighted by atomic mass is 10.1. The van der Waals surface area contributed by atoms with Crippen molar-refractivity contribution in [2.75, 3.05) is 13.1 Å². The van der Waals surface area contributed by atoms with Crippen molar-refractivity contribution in [1.82, 2.24) is 15.1 Å². The summed E-state index contributed by atoms with van der Waals surface area (Å²) in [7, 11) is 0. The van der Waals surface area contributed by atoms with Gasteiger partial charge in [-0.3, -0.25) is 4.90 Å². The fraction of sp³-hybridized carbons (Fsp3) is 0.375. The van der Waals surface area contributed by atoms with E-state index in [4.69, 9.17) is 8.83 Å². The van der Waals surface area contributed by atoms with Crippen LogP contribution in [0.25, 0.3) is 11.0 Å². The molecule has 1 atom stereocenters. The molecule has 3 aromatic rings. The number of rotatable bonds is 3. The van der Waals surface area contributed by atoms with Gasteiger partial charge in [0.2, 0.25) is 11.8 Å². The van der Waals surface area contributed by atoms with Crippen LogP contribution < -0.4 is 0 Å². The number of aryl methyl sites for hydroxylation is 1. The highest BCUT2D eigenvalue weighted by Crippen LogP contribution is 2.28. The van der Waals surface area contributed by atoms with Gasteiger partial charge in [-0.15, -0.1) is 10.2 Å². The molecule has 0 unspecified atom stereocenters. The maximum absolute atomic E-state index is 5.88. The van der Waals surface area contributed by atoms with E-state index in [1.54, 1.807) is 0 Å². The average Bonchev–Trinajstić information content (AvgIpc) is 3.17. The van der Waals surface area contributed by atoms with Gasteiger partial charge in [0.25, 0.3) is 0 Å². The second-order valence-electron chi connectivity index (χ2n) is 5.63. The van der Waals surface area contributed by atoms with Gasteiger partial charge < -0.3 is 8.83 Å². The first-order valence-electron chi connectivity index (χ1n) is 7.28. The molecule has 2 aromatic heterocycles. The third-order valence-corrected chi connectivity index (χ3v) is 4.02. The molecule has 1 saturated heterocycles. The molecule has 21 heavy (non-hydrogen) atoms. The molecular formula is C16H17N3O2. The van der Waals surface area contributed by atoms with Crippen LogP contribution in [0.2, 0.25) is 0 Å². The first-order chi connectivity index (χ1) is 10.3. The van der Waals surface area contributed by atoms with Crippen LogP contribution in [0.15, 0.2) is 39.2 Å². The molecule has 108 valence electrons. The Morgan fingerprint density at radius 1 is 1.24 bits per heavy atom. The lowest BCUT2D eigenvalue weighted by Gasteiger charge is -2.12. The van der Waals surface area contributed by atoms with Gasteiger partial charge in [0, 0.05) is 18.9 Å². The molecule has 1 aliphatic heterocycles. The Kier molecular flexibility index (Phi) is 3.00. The maximum Gasteiger partial charge on any atom is 0.220 e. The number of furan rings is 1. The van der Waals surface area contributed by atoms with Gasteiger partial charge in [-0.2, -0.15) is 0 Å². The number of fused-ring (bicyclic) bond motifs is 1. The molecule has 1 fully saturated rings. The normalized spacial score (nSPS) is 19.6. The molecule has 0 N–H and O–H groups in total. The van der Waals surface area contributed by atoms with Crippen LogP contribution >= 0.6 is 0 Å². The van der Waals surface area contributed by atoms with Gasteiger partial charge in [0.05, 0.1) is 12.5 Å². The minimum absolute atomic E-state index is 0.343. The van der Waals surface area contributed by atoms with E-state index in [1.807, 2.05) is 25.1 Å². The Hall–Kier alpha value is -2.14. The fourth-order valence-corrected chi connectivity index (χ4v) is 2.99. The molecule has 0 radical (unpaired) electrons. The molecule has 0 bridgehead atoms. The second-order valence-corrected chi connectivity index (χ2v) is 5.63. The minimum Gasteiger partial charge on any atom is -0.460 e. The molecule has 0 aliphatic carbocycles. The smallest absolute Gasteiger partial charge is 0.220 e. The molecule has 3 heterocycles. The highest BCUT2D eigenvalue weighted by atomic mass is 16.4. The van der Waals surface area contributed by atoms with Crippen LogP contribution in [-0.2, 0) is 6.54 Å². The number of benzene rings is 1. The topological polar surface area (TPSA) is 55.3 Å². The third kappa shape index (κ3) is 2.45. The molecule has 1 aromatic carbocycles. The van der Waals surface area contributed by atoms with Crippen molar-refractivity contribution in [2.24, 2.45) is 0 Å². The summed E-state index contributed by atoms with van der Waals surface area (Å²) in [5, 5.41) is 9.22. The van der Waals surface area contributed by atoms with Crippen LogP contribution in [0.4, 0.5) is 0 Å². The summed E-state index contributed by atoms with van der Waals surface area (Å²) in [6.07, 6.45) is 1.06. The number of likely N-dealkylation sites (tertiary alicyclic amines) is 1. The lowest BCUT2D eigenvalue weighted by molar-refractivity contribution is 0.293. The minimum atomic E-state index is 0.343. The van der Waals surface area contributed by atoms with Crippen LogP contribution in [0, 0.1) is 6.92 Å². The van der Waals surface area contributed by atoms with Gasteiger partial charge in [0.15, 0.2) is 0 Å². The Morgan fingerprint density at radius 3 is 2.95 bits per heavy atom. The van der Waals surface area contributed by atoms with Crippen LogP contribution in [0.3, 0.4) is 0 Å². The van der Waals surface area contributed by atoms with E-state index in [0.717, 1.165) is 48.7 Å². The number of nitrogens with zero attached hydrogens (tertiary/aromatic N) is 3. The Labute approximate surface area is 122 Å². The molecule has 1 aliphatic rings. The first-order valence-corrected chi connectivity index (χ1v) is 7.28. The van der Waals surface area contributed by atoms with E-state index >= 15 is 0 Å². The van der Waals surface area contributed by atoms with Crippen LogP contribution in [0.5, 0.6) is 0 Å². The van der Waals surface area contributed by atoms with E-state index in [9.17, 15) is 0 Å². The quantitative estimate of drug-likeness (QED) is 0.739. The fourth-order valence-electron chi connectivity index (χ4n) is 2.99. The van der Waals surface area contributed by atoms with Gasteiger partial charge in [0.1, 0.15) is 11.3 Å². The monoisotopic (exact) mass is 283 g/mol. The van der Waals surface area contributed by atoms with Gasteiger partial charge in [-0.1, -0.05) is 18.2 Å². The zero-order valence-corrected chi connectivity index (χ0v) is 12.0. The summed E-state index contributed by atoms with van der Waals surface area (Å²) in [6, 6.07) is 10.2. The Bertz CT molecular complexity index is 729. The van der Waals surface area contributed by atoms with Crippen molar-refractivity contribution in [1.29, 1.82) is 0 Å².